The van der Waals surface area contributed by atoms with Crippen molar-refractivity contribution in [3.05, 3.63) is 42.0 Å². The lowest BCUT2D eigenvalue weighted by Crippen LogP contribution is -2.14. The number of para-hydroxylation sites is 1. The number of carbonyl (C=O) groups is 1. The summed E-state index contributed by atoms with van der Waals surface area (Å²) in [6.45, 7) is 0. The number of hydrogen-bond donors (Lipinski definition) is 2. The van der Waals surface area contributed by atoms with Gasteiger partial charge in [-0.15, -0.1) is 0 Å². The molecule has 2 rings (SSSR count). The standard InChI is InChI=1S/C10H8FN3O2/c11-8-3-1-2-7(9(8)12)10(15)14-6-4-13-16-5-6/h1-5H,12H2,(H,14,15). The zero-order chi connectivity index (χ0) is 11.5. The van der Waals surface area contributed by atoms with Crippen LogP contribution in [-0.4, -0.2) is 11.1 Å². The zero-order valence-corrected chi connectivity index (χ0v) is 8.11. The zero-order valence-electron chi connectivity index (χ0n) is 8.11. The van der Waals surface area contributed by atoms with Crippen LogP contribution in [0.1, 0.15) is 10.4 Å². The van der Waals surface area contributed by atoms with Crippen LogP contribution >= 0.6 is 0 Å². The summed E-state index contributed by atoms with van der Waals surface area (Å²) in [6, 6.07) is 4.03. The minimum atomic E-state index is -0.627. The Morgan fingerprint density at radius 1 is 1.50 bits per heavy atom. The van der Waals surface area contributed by atoms with Crippen molar-refractivity contribution in [2.45, 2.75) is 0 Å². The van der Waals surface area contributed by atoms with E-state index >= 15 is 0 Å². The van der Waals surface area contributed by atoms with Crippen molar-refractivity contribution in [2.24, 2.45) is 0 Å². The van der Waals surface area contributed by atoms with E-state index in [-0.39, 0.29) is 11.3 Å². The van der Waals surface area contributed by atoms with Crippen LogP contribution in [0.5, 0.6) is 0 Å². The number of nitrogens with one attached hydrogen (secondary N) is 1. The number of benzene rings is 1. The molecule has 0 saturated carbocycles. The third-order valence-corrected chi connectivity index (χ3v) is 1.99. The van der Waals surface area contributed by atoms with Crippen molar-refractivity contribution in [1.29, 1.82) is 0 Å². The van der Waals surface area contributed by atoms with E-state index in [1.165, 1.54) is 30.7 Å². The van der Waals surface area contributed by atoms with Gasteiger partial charge in [0.05, 0.1) is 17.4 Å². The fourth-order valence-electron chi connectivity index (χ4n) is 1.20. The highest BCUT2D eigenvalue weighted by molar-refractivity contribution is 6.07. The molecule has 3 N–H and O–H groups in total. The summed E-state index contributed by atoms with van der Waals surface area (Å²) in [7, 11) is 0. The number of halogens is 1. The highest BCUT2D eigenvalue weighted by atomic mass is 19.1. The first-order valence-electron chi connectivity index (χ1n) is 4.43. The Labute approximate surface area is 90.0 Å². The number of rotatable bonds is 2. The summed E-state index contributed by atoms with van der Waals surface area (Å²) in [5, 5.41) is 5.88. The number of nitrogen functional groups attached to an aromatic ring is 1. The lowest BCUT2D eigenvalue weighted by Gasteiger charge is -2.05. The van der Waals surface area contributed by atoms with Gasteiger partial charge in [-0.3, -0.25) is 4.79 Å². The van der Waals surface area contributed by atoms with Crippen molar-refractivity contribution in [1.82, 2.24) is 5.16 Å². The molecule has 1 heterocycles. The number of nitrogens with zero attached hydrogens (tertiary/aromatic N) is 1. The molecular formula is C10H8FN3O2. The van der Waals surface area contributed by atoms with Gasteiger partial charge in [0.1, 0.15) is 17.8 Å². The number of hydrogen-bond acceptors (Lipinski definition) is 4. The first-order chi connectivity index (χ1) is 7.68. The van der Waals surface area contributed by atoms with E-state index in [0.717, 1.165) is 0 Å². The van der Waals surface area contributed by atoms with E-state index in [1.54, 1.807) is 0 Å². The number of amides is 1. The molecule has 1 aromatic heterocycles. The molecule has 0 aliphatic heterocycles. The molecule has 0 fully saturated rings. The van der Waals surface area contributed by atoms with Crippen LogP contribution in [0.3, 0.4) is 0 Å². The summed E-state index contributed by atoms with van der Waals surface area (Å²) in [4.78, 5) is 11.7. The minimum Gasteiger partial charge on any atom is -0.396 e. The number of anilines is 2. The highest BCUT2D eigenvalue weighted by Gasteiger charge is 2.13. The molecule has 5 nitrogen and oxygen atoms in total. The van der Waals surface area contributed by atoms with Gasteiger partial charge < -0.3 is 15.6 Å². The van der Waals surface area contributed by atoms with Gasteiger partial charge in [-0.1, -0.05) is 11.2 Å². The van der Waals surface area contributed by atoms with Crippen LogP contribution in [0.25, 0.3) is 0 Å². The molecule has 0 saturated heterocycles. The van der Waals surface area contributed by atoms with Crippen LogP contribution in [0.4, 0.5) is 15.8 Å². The summed E-state index contributed by atoms with van der Waals surface area (Å²) in [5.41, 5.74) is 5.71. The number of aromatic nitrogens is 1. The Morgan fingerprint density at radius 3 is 3.00 bits per heavy atom. The van der Waals surface area contributed by atoms with E-state index in [1.807, 2.05) is 0 Å². The van der Waals surface area contributed by atoms with Gasteiger partial charge in [-0.2, -0.15) is 0 Å². The van der Waals surface area contributed by atoms with E-state index in [9.17, 15) is 9.18 Å². The molecule has 0 bridgehead atoms. The van der Waals surface area contributed by atoms with E-state index < -0.39 is 11.7 Å². The van der Waals surface area contributed by atoms with Gasteiger partial charge in [0.2, 0.25) is 0 Å². The maximum atomic E-state index is 13.1. The SMILES string of the molecule is Nc1c(F)cccc1C(=O)Nc1cnoc1. The predicted molar refractivity (Wildman–Crippen MR) is 55.3 cm³/mol. The Bertz CT molecular complexity index is 511. The van der Waals surface area contributed by atoms with E-state index in [2.05, 4.69) is 15.0 Å². The average molecular weight is 221 g/mol. The number of nitrogens with two attached hydrogens (primary N) is 1. The third-order valence-electron chi connectivity index (χ3n) is 1.99. The molecule has 0 spiro atoms. The largest absolute Gasteiger partial charge is 0.396 e. The molecule has 1 aromatic carbocycles. The molecular weight excluding hydrogens is 213 g/mol. The van der Waals surface area contributed by atoms with Crippen LogP contribution in [-0.2, 0) is 0 Å². The summed E-state index contributed by atoms with van der Waals surface area (Å²) in [5.74, 6) is -1.14. The molecule has 0 aliphatic carbocycles. The summed E-state index contributed by atoms with van der Waals surface area (Å²) < 4.78 is 17.6. The minimum absolute atomic E-state index is 0.0706. The normalized spacial score (nSPS) is 10.1. The summed E-state index contributed by atoms with van der Waals surface area (Å²) >= 11 is 0. The highest BCUT2D eigenvalue weighted by Crippen LogP contribution is 2.17. The van der Waals surface area contributed by atoms with E-state index in [0.29, 0.717) is 5.69 Å². The first kappa shape index (κ1) is 10.2. The summed E-state index contributed by atoms with van der Waals surface area (Å²) in [6.07, 6.45) is 2.58. The van der Waals surface area contributed by atoms with Crippen molar-refractivity contribution in [3.63, 3.8) is 0 Å². The van der Waals surface area contributed by atoms with Gasteiger partial charge in [-0.25, -0.2) is 4.39 Å². The monoisotopic (exact) mass is 221 g/mol. The van der Waals surface area contributed by atoms with Crippen LogP contribution in [0, 0.1) is 5.82 Å². The van der Waals surface area contributed by atoms with Crippen molar-refractivity contribution >= 4 is 17.3 Å². The quantitative estimate of drug-likeness (QED) is 0.755. The fraction of sp³-hybridized carbons (Fsp3) is 0. The molecule has 0 aliphatic rings. The van der Waals surface area contributed by atoms with Gasteiger partial charge in [-0.05, 0) is 12.1 Å². The van der Waals surface area contributed by atoms with Gasteiger partial charge >= 0.3 is 0 Å². The van der Waals surface area contributed by atoms with Gasteiger partial charge in [0.15, 0.2) is 0 Å². The van der Waals surface area contributed by atoms with Crippen molar-refractivity contribution in [3.8, 4) is 0 Å². The smallest absolute Gasteiger partial charge is 0.257 e. The van der Waals surface area contributed by atoms with Crippen LogP contribution in [0.15, 0.2) is 35.2 Å². The molecule has 1 amide bonds. The first-order valence-corrected chi connectivity index (χ1v) is 4.43. The molecule has 2 aromatic rings. The predicted octanol–water partition coefficient (Wildman–Crippen LogP) is 1.65. The van der Waals surface area contributed by atoms with Crippen molar-refractivity contribution < 1.29 is 13.7 Å². The van der Waals surface area contributed by atoms with Crippen molar-refractivity contribution in [2.75, 3.05) is 11.1 Å². The Hall–Kier alpha value is -2.37. The number of carbonyl (C=O) groups excluding carboxylic acids is 1. The lowest BCUT2D eigenvalue weighted by molar-refractivity contribution is 0.102. The Balaban J connectivity index is 2.24. The van der Waals surface area contributed by atoms with Crippen LogP contribution in [0.2, 0.25) is 0 Å². The lowest BCUT2D eigenvalue weighted by atomic mass is 10.1. The molecule has 0 radical (unpaired) electrons. The second-order valence-electron chi connectivity index (χ2n) is 3.07. The molecule has 16 heavy (non-hydrogen) atoms. The van der Waals surface area contributed by atoms with Gasteiger partial charge in [0.25, 0.3) is 5.91 Å². The second-order valence-corrected chi connectivity index (χ2v) is 3.07. The molecule has 0 unspecified atom stereocenters. The fourth-order valence-corrected chi connectivity index (χ4v) is 1.20. The molecule has 82 valence electrons. The maximum Gasteiger partial charge on any atom is 0.257 e. The van der Waals surface area contributed by atoms with Crippen LogP contribution < -0.4 is 11.1 Å². The Kier molecular flexibility index (Phi) is 2.55. The Morgan fingerprint density at radius 2 is 2.31 bits per heavy atom. The second kappa shape index (κ2) is 4.01. The molecule has 6 heteroatoms. The molecule has 0 atom stereocenters. The third kappa shape index (κ3) is 1.85. The van der Waals surface area contributed by atoms with Gasteiger partial charge in [0, 0.05) is 0 Å². The maximum absolute atomic E-state index is 13.1. The average Bonchev–Trinajstić information content (AvgIpc) is 2.74. The van der Waals surface area contributed by atoms with E-state index in [4.69, 9.17) is 5.73 Å². The topological polar surface area (TPSA) is 81.2 Å².